The summed E-state index contributed by atoms with van der Waals surface area (Å²) in [5.41, 5.74) is 6.26. The Morgan fingerprint density at radius 2 is 1.96 bits per heavy atom. The summed E-state index contributed by atoms with van der Waals surface area (Å²) in [7, 11) is 4.18. The van der Waals surface area contributed by atoms with Gasteiger partial charge in [-0.3, -0.25) is 14.3 Å². The number of quaternary nitrogens is 1. The van der Waals surface area contributed by atoms with Gasteiger partial charge in [-0.2, -0.15) is 0 Å². The Labute approximate surface area is 170 Å². The van der Waals surface area contributed by atoms with Crippen molar-refractivity contribution in [1.29, 1.82) is 0 Å². The van der Waals surface area contributed by atoms with E-state index < -0.39 is 11.2 Å². The topological polar surface area (TPSA) is 101 Å². The lowest BCUT2D eigenvalue weighted by Crippen LogP contribution is -3.05. The summed E-state index contributed by atoms with van der Waals surface area (Å²) in [6.45, 7) is 4.29. The maximum absolute atomic E-state index is 12.5. The quantitative estimate of drug-likeness (QED) is 0.346. The normalized spacial score (nSPS) is 10.9. The van der Waals surface area contributed by atoms with E-state index in [1.165, 1.54) is 9.47 Å². The molecule has 0 bridgehead atoms. The van der Waals surface area contributed by atoms with E-state index in [2.05, 4.69) is 24.4 Å². The first-order valence-corrected chi connectivity index (χ1v) is 9.76. The van der Waals surface area contributed by atoms with Crippen LogP contribution >= 0.6 is 12.2 Å². The number of aromatic nitrogens is 2. The van der Waals surface area contributed by atoms with Gasteiger partial charge >= 0.3 is 5.69 Å². The smallest absolute Gasteiger partial charge is 0.330 e. The van der Waals surface area contributed by atoms with E-state index in [9.17, 15) is 9.59 Å². The van der Waals surface area contributed by atoms with Gasteiger partial charge in [-0.05, 0) is 24.7 Å². The molecule has 0 atom stereocenters. The second-order valence-electron chi connectivity index (χ2n) is 6.85. The van der Waals surface area contributed by atoms with Crippen LogP contribution in [0.2, 0.25) is 0 Å². The van der Waals surface area contributed by atoms with E-state index >= 15 is 0 Å². The molecule has 8 nitrogen and oxygen atoms in total. The highest BCUT2D eigenvalue weighted by molar-refractivity contribution is 7.80. The Balaban J connectivity index is 2.29. The molecule has 0 fully saturated rings. The predicted octanol–water partition coefficient (Wildman–Crippen LogP) is -0.597. The van der Waals surface area contributed by atoms with Crippen molar-refractivity contribution in [2.24, 2.45) is 0 Å². The molecule has 0 aliphatic heterocycles. The molecular weight excluding hydrogens is 376 g/mol. The van der Waals surface area contributed by atoms with Gasteiger partial charge in [0.25, 0.3) is 5.56 Å². The lowest BCUT2D eigenvalue weighted by Gasteiger charge is -2.26. The standard InChI is InChI=1S/C19H28N6O2S/c1-4-24(19(28)21-11-8-12-23(2)3)15-16(20)25(18(27)22-17(15)26)13-14-9-6-5-7-10-14/h5-7,9-10H,4,8,11-13,20H2,1-3H3,(H,21,28)(H,22,26,27)/p+1. The fourth-order valence-electron chi connectivity index (χ4n) is 2.90. The van der Waals surface area contributed by atoms with Crippen LogP contribution in [0.5, 0.6) is 0 Å². The molecule has 0 aliphatic rings. The van der Waals surface area contributed by atoms with Crippen molar-refractivity contribution in [3.05, 3.63) is 56.7 Å². The Bertz CT molecular complexity index is 907. The number of benzene rings is 1. The fraction of sp³-hybridized carbons (Fsp3) is 0.421. The first-order valence-electron chi connectivity index (χ1n) is 9.36. The zero-order valence-electron chi connectivity index (χ0n) is 16.6. The Kier molecular flexibility index (Phi) is 7.77. The van der Waals surface area contributed by atoms with Crippen LogP contribution in [0, 0.1) is 0 Å². The molecule has 0 spiro atoms. The molecule has 5 N–H and O–H groups in total. The SMILES string of the molecule is CCN(C(=S)NCCC[NH+](C)C)c1c(N)n(Cc2ccccc2)c(=O)[nH]c1=O. The van der Waals surface area contributed by atoms with Crippen LogP contribution in [0.25, 0.3) is 0 Å². The molecule has 2 aromatic rings. The van der Waals surface area contributed by atoms with E-state index in [-0.39, 0.29) is 18.1 Å². The van der Waals surface area contributed by atoms with Crippen LogP contribution in [0.4, 0.5) is 11.5 Å². The minimum absolute atomic E-state index is 0.0985. The first kappa shape index (κ1) is 21.6. The molecule has 28 heavy (non-hydrogen) atoms. The fourth-order valence-corrected chi connectivity index (χ4v) is 3.22. The molecule has 0 saturated carbocycles. The van der Waals surface area contributed by atoms with E-state index in [4.69, 9.17) is 18.0 Å². The Hall–Kier alpha value is -2.65. The summed E-state index contributed by atoms with van der Waals surface area (Å²) in [6.07, 6.45) is 0.944. The molecular formula is C19H29N6O2S+. The van der Waals surface area contributed by atoms with Crippen LogP contribution in [0.15, 0.2) is 39.9 Å². The summed E-state index contributed by atoms with van der Waals surface area (Å²) in [5, 5.41) is 3.59. The molecule has 0 amide bonds. The number of thiocarbonyl (C=S) groups is 1. The van der Waals surface area contributed by atoms with E-state index in [1.807, 2.05) is 37.3 Å². The van der Waals surface area contributed by atoms with Crippen LogP contribution < -0.4 is 32.1 Å². The lowest BCUT2D eigenvalue weighted by molar-refractivity contribution is -0.858. The van der Waals surface area contributed by atoms with Gasteiger partial charge in [0.1, 0.15) is 5.82 Å². The third kappa shape index (κ3) is 5.43. The van der Waals surface area contributed by atoms with Crippen molar-refractivity contribution in [2.45, 2.75) is 19.9 Å². The number of anilines is 2. The number of hydrogen-bond acceptors (Lipinski definition) is 4. The Morgan fingerprint density at radius 3 is 2.57 bits per heavy atom. The number of nitrogens with one attached hydrogen (secondary N) is 3. The van der Waals surface area contributed by atoms with Gasteiger partial charge in [0.05, 0.1) is 27.2 Å². The maximum atomic E-state index is 12.5. The third-order valence-corrected chi connectivity index (χ3v) is 4.72. The predicted molar refractivity (Wildman–Crippen MR) is 117 cm³/mol. The molecule has 2 rings (SSSR count). The zero-order chi connectivity index (χ0) is 20.7. The lowest BCUT2D eigenvalue weighted by atomic mass is 10.2. The number of hydrogen-bond donors (Lipinski definition) is 4. The third-order valence-electron chi connectivity index (χ3n) is 4.36. The van der Waals surface area contributed by atoms with Crippen molar-refractivity contribution in [3.63, 3.8) is 0 Å². The second kappa shape index (κ2) is 10.0. The number of nitrogens with two attached hydrogens (primary N) is 1. The monoisotopic (exact) mass is 405 g/mol. The van der Waals surface area contributed by atoms with Crippen LogP contribution in [0.3, 0.4) is 0 Å². The number of rotatable bonds is 8. The molecule has 9 heteroatoms. The first-order chi connectivity index (χ1) is 13.3. The van der Waals surface area contributed by atoms with E-state index in [0.717, 1.165) is 18.5 Å². The van der Waals surface area contributed by atoms with Crippen LogP contribution in [0.1, 0.15) is 18.9 Å². The average molecular weight is 406 g/mol. The highest BCUT2D eigenvalue weighted by Crippen LogP contribution is 2.17. The van der Waals surface area contributed by atoms with Gasteiger partial charge in [0.2, 0.25) is 0 Å². The molecule has 1 heterocycles. The zero-order valence-corrected chi connectivity index (χ0v) is 17.4. The van der Waals surface area contributed by atoms with E-state index in [0.29, 0.717) is 18.2 Å². The number of nitrogen functional groups attached to an aromatic ring is 1. The van der Waals surface area contributed by atoms with Crippen molar-refractivity contribution in [3.8, 4) is 0 Å². The van der Waals surface area contributed by atoms with Gasteiger partial charge in [0, 0.05) is 19.5 Å². The van der Waals surface area contributed by atoms with Gasteiger partial charge in [-0.1, -0.05) is 30.3 Å². The molecule has 0 radical (unpaired) electrons. The highest BCUT2D eigenvalue weighted by Gasteiger charge is 2.20. The van der Waals surface area contributed by atoms with Crippen molar-refractivity contribution >= 4 is 28.8 Å². The van der Waals surface area contributed by atoms with Gasteiger partial charge in [0.15, 0.2) is 10.8 Å². The van der Waals surface area contributed by atoms with Gasteiger partial charge < -0.3 is 20.9 Å². The number of aromatic amines is 1. The summed E-state index contributed by atoms with van der Waals surface area (Å²) in [6, 6.07) is 9.46. The largest absolute Gasteiger partial charge is 0.383 e. The molecule has 0 saturated heterocycles. The van der Waals surface area contributed by atoms with E-state index in [1.54, 1.807) is 4.90 Å². The molecule has 152 valence electrons. The van der Waals surface area contributed by atoms with Crippen LogP contribution in [-0.2, 0) is 6.54 Å². The summed E-state index contributed by atoms with van der Waals surface area (Å²) < 4.78 is 1.35. The maximum Gasteiger partial charge on any atom is 0.330 e. The second-order valence-corrected chi connectivity index (χ2v) is 7.24. The highest BCUT2D eigenvalue weighted by atomic mass is 32.1. The Morgan fingerprint density at radius 1 is 1.29 bits per heavy atom. The van der Waals surface area contributed by atoms with Crippen LogP contribution in [-0.4, -0.2) is 48.4 Å². The molecule has 1 aromatic heterocycles. The summed E-state index contributed by atoms with van der Waals surface area (Å²) >= 11 is 5.47. The molecule has 1 aromatic carbocycles. The number of nitrogens with zero attached hydrogens (tertiary/aromatic N) is 2. The number of H-pyrrole nitrogens is 1. The van der Waals surface area contributed by atoms with Crippen molar-refractivity contribution in [2.75, 3.05) is 44.4 Å². The minimum atomic E-state index is -0.546. The molecule has 0 aliphatic carbocycles. The van der Waals surface area contributed by atoms with Gasteiger partial charge in [-0.15, -0.1) is 0 Å². The van der Waals surface area contributed by atoms with Gasteiger partial charge in [-0.25, -0.2) is 4.79 Å². The van der Waals surface area contributed by atoms with Crippen molar-refractivity contribution in [1.82, 2.24) is 14.9 Å². The molecule has 0 unspecified atom stereocenters. The average Bonchev–Trinajstić information content (AvgIpc) is 2.66. The summed E-state index contributed by atoms with van der Waals surface area (Å²) in [5.74, 6) is 0.0985. The van der Waals surface area contributed by atoms with Crippen molar-refractivity contribution < 1.29 is 4.90 Å². The minimum Gasteiger partial charge on any atom is -0.383 e. The summed E-state index contributed by atoms with van der Waals surface area (Å²) in [4.78, 5) is 30.2.